The highest BCUT2D eigenvalue weighted by molar-refractivity contribution is 7.14. The van der Waals surface area contributed by atoms with Crippen molar-refractivity contribution < 1.29 is 4.79 Å². The Bertz CT molecular complexity index is 663. The van der Waals surface area contributed by atoms with Gasteiger partial charge in [-0.2, -0.15) is 0 Å². The minimum atomic E-state index is -0.527. The summed E-state index contributed by atoms with van der Waals surface area (Å²) >= 11 is 1.43. The summed E-state index contributed by atoms with van der Waals surface area (Å²) in [5.74, 6) is -0.207. The number of benzene rings is 1. The number of nitrogens with zero attached hydrogens (tertiary/aromatic N) is 1. The molecule has 1 amide bonds. The van der Waals surface area contributed by atoms with Gasteiger partial charge in [-0.15, -0.1) is 11.3 Å². The average molecular weight is 301 g/mol. The predicted octanol–water partition coefficient (Wildman–Crippen LogP) is 2.97. The van der Waals surface area contributed by atoms with E-state index in [1.54, 1.807) is 6.92 Å². The van der Waals surface area contributed by atoms with E-state index in [9.17, 15) is 4.79 Å². The lowest BCUT2D eigenvalue weighted by atomic mass is 9.90. The Morgan fingerprint density at radius 3 is 2.86 bits per heavy atom. The molecule has 3 rings (SSSR count). The first-order chi connectivity index (χ1) is 10.1. The third kappa shape index (κ3) is 3.14. The number of thiazole rings is 1. The van der Waals surface area contributed by atoms with Crippen LogP contribution in [0.15, 0.2) is 23.6 Å². The summed E-state index contributed by atoms with van der Waals surface area (Å²) in [5, 5.41) is 5.31. The fraction of sp³-hybridized carbons (Fsp3) is 0.375. The van der Waals surface area contributed by atoms with Gasteiger partial charge < -0.3 is 11.1 Å². The van der Waals surface area contributed by atoms with Crippen molar-refractivity contribution in [2.75, 3.05) is 5.32 Å². The van der Waals surface area contributed by atoms with E-state index in [0.29, 0.717) is 5.13 Å². The monoisotopic (exact) mass is 301 g/mol. The number of hydrogen-bond donors (Lipinski definition) is 2. The summed E-state index contributed by atoms with van der Waals surface area (Å²) in [7, 11) is 0. The van der Waals surface area contributed by atoms with E-state index in [-0.39, 0.29) is 5.91 Å². The average Bonchev–Trinajstić information content (AvgIpc) is 2.95. The normalized spacial score (nSPS) is 15.3. The van der Waals surface area contributed by atoms with Crippen LogP contribution in [0.5, 0.6) is 0 Å². The molecule has 1 aliphatic carbocycles. The first-order valence-electron chi connectivity index (χ1n) is 7.27. The standard InChI is InChI=1S/C16H19N3OS/c1-10(17)15(20)19-16-18-14(9-21-16)13-7-6-11-4-2-3-5-12(11)8-13/h6-10H,2-5,17H2,1H3,(H,18,19,20)/t10-/m1/s1. The third-order valence-electron chi connectivity index (χ3n) is 3.79. The van der Waals surface area contributed by atoms with Gasteiger partial charge in [0.05, 0.1) is 11.7 Å². The molecule has 1 aromatic carbocycles. The van der Waals surface area contributed by atoms with Crippen molar-refractivity contribution in [1.82, 2.24) is 4.98 Å². The fourth-order valence-electron chi connectivity index (χ4n) is 2.58. The van der Waals surface area contributed by atoms with Crippen molar-refractivity contribution in [2.45, 2.75) is 38.6 Å². The molecular weight excluding hydrogens is 282 g/mol. The minimum absolute atomic E-state index is 0.207. The smallest absolute Gasteiger partial charge is 0.242 e. The zero-order valence-corrected chi connectivity index (χ0v) is 12.9. The molecule has 0 saturated carbocycles. The summed E-state index contributed by atoms with van der Waals surface area (Å²) in [5.41, 5.74) is 10.5. The van der Waals surface area contributed by atoms with Gasteiger partial charge >= 0.3 is 0 Å². The maximum Gasteiger partial charge on any atom is 0.242 e. The summed E-state index contributed by atoms with van der Waals surface area (Å²) in [6.45, 7) is 1.66. The van der Waals surface area contributed by atoms with Crippen LogP contribution in [0.2, 0.25) is 0 Å². The molecule has 0 aliphatic heterocycles. The van der Waals surface area contributed by atoms with Gasteiger partial charge in [0.25, 0.3) is 0 Å². The summed E-state index contributed by atoms with van der Waals surface area (Å²) in [6, 6.07) is 6.04. The Kier molecular flexibility index (Phi) is 4.03. The van der Waals surface area contributed by atoms with E-state index in [1.807, 2.05) is 5.38 Å². The molecule has 0 radical (unpaired) electrons. The molecule has 4 nitrogen and oxygen atoms in total. The van der Waals surface area contributed by atoms with Crippen LogP contribution in [0.1, 0.15) is 30.9 Å². The zero-order chi connectivity index (χ0) is 14.8. The maximum absolute atomic E-state index is 11.6. The molecule has 0 saturated heterocycles. The van der Waals surface area contributed by atoms with Crippen LogP contribution < -0.4 is 11.1 Å². The largest absolute Gasteiger partial charge is 0.320 e. The highest BCUT2D eigenvalue weighted by Crippen LogP contribution is 2.29. The number of fused-ring (bicyclic) bond motifs is 1. The lowest BCUT2D eigenvalue weighted by molar-refractivity contribution is -0.117. The van der Waals surface area contributed by atoms with E-state index < -0.39 is 6.04 Å². The number of aryl methyl sites for hydroxylation is 2. The molecule has 0 bridgehead atoms. The molecule has 0 unspecified atom stereocenters. The van der Waals surface area contributed by atoms with Crippen LogP contribution in [0, 0.1) is 0 Å². The predicted molar refractivity (Wildman–Crippen MR) is 86.5 cm³/mol. The Morgan fingerprint density at radius 1 is 1.33 bits per heavy atom. The molecule has 0 spiro atoms. The summed E-state index contributed by atoms with van der Waals surface area (Å²) in [4.78, 5) is 16.1. The second-order valence-corrected chi connectivity index (χ2v) is 6.36. The molecule has 1 aliphatic rings. The van der Waals surface area contributed by atoms with E-state index in [2.05, 4.69) is 28.5 Å². The Balaban J connectivity index is 1.81. The molecule has 2 aromatic rings. The van der Waals surface area contributed by atoms with Gasteiger partial charge in [0.15, 0.2) is 5.13 Å². The number of carbonyl (C=O) groups is 1. The van der Waals surface area contributed by atoms with Crippen molar-refractivity contribution in [1.29, 1.82) is 0 Å². The molecule has 5 heteroatoms. The lowest BCUT2D eigenvalue weighted by Gasteiger charge is -2.16. The SMILES string of the molecule is C[C@@H](N)C(=O)Nc1nc(-c2ccc3c(c2)CCCC3)cs1. The molecular formula is C16H19N3OS. The number of amides is 1. The number of rotatable bonds is 3. The Morgan fingerprint density at radius 2 is 2.10 bits per heavy atom. The van der Waals surface area contributed by atoms with Crippen LogP contribution in [0.25, 0.3) is 11.3 Å². The number of hydrogen-bond acceptors (Lipinski definition) is 4. The first kappa shape index (κ1) is 14.2. The van der Waals surface area contributed by atoms with Crippen LogP contribution >= 0.6 is 11.3 Å². The molecule has 1 heterocycles. The van der Waals surface area contributed by atoms with Crippen molar-refractivity contribution in [2.24, 2.45) is 5.73 Å². The fourth-order valence-corrected chi connectivity index (χ4v) is 3.30. The number of aromatic nitrogens is 1. The van der Waals surface area contributed by atoms with Gasteiger partial charge in [-0.3, -0.25) is 4.79 Å². The second kappa shape index (κ2) is 5.95. The van der Waals surface area contributed by atoms with E-state index in [4.69, 9.17) is 5.73 Å². The summed E-state index contributed by atoms with van der Waals surface area (Å²) in [6.07, 6.45) is 4.89. The molecule has 3 N–H and O–H groups in total. The molecule has 1 atom stereocenters. The van der Waals surface area contributed by atoms with Crippen molar-refractivity contribution in [3.05, 3.63) is 34.7 Å². The Labute approximate surface area is 128 Å². The number of carbonyl (C=O) groups excluding carboxylic acids is 1. The van der Waals surface area contributed by atoms with Crippen molar-refractivity contribution >= 4 is 22.4 Å². The first-order valence-corrected chi connectivity index (χ1v) is 8.15. The van der Waals surface area contributed by atoms with Gasteiger partial charge in [-0.25, -0.2) is 4.98 Å². The lowest BCUT2D eigenvalue weighted by Crippen LogP contribution is -2.32. The zero-order valence-electron chi connectivity index (χ0n) is 12.1. The van der Waals surface area contributed by atoms with E-state index in [0.717, 1.165) is 17.7 Å². The van der Waals surface area contributed by atoms with Crippen LogP contribution in [0.3, 0.4) is 0 Å². The van der Waals surface area contributed by atoms with Crippen LogP contribution in [-0.4, -0.2) is 16.9 Å². The molecule has 1 aromatic heterocycles. The topological polar surface area (TPSA) is 68.0 Å². The second-order valence-electron chi connectivity index (χ2n) is 5.51. The Hall–Kier alpha value is -1.72. The quantitative estimate of drug-likeness (QED) is 0.916. The number of anilines is 1. The summed E-state index contributed by atoms with van der Waals surface area (Å²) < 4.78 is 0. The van der Waals surface area contributed by atoms with Crippen molar-refractivity contribution in [3.8, 4) is 11.3 Å². The maximum atomic E-state index is 11.6. The highest BCUT2D eigenvalue weighted by Gasteiger charge is 2.13. The van der Waals surface area contributed by atoms with E-state index in [1.165, 1.54) is 41.7 Å². The third-order valence-corrected chi connectivity index (χ3v) is 4.55. The van der Waals surface area contributed by atoms with Gasteiger partial charge in [-0.1, -0.05) is 12.1 Å². The minimum Gasteiger partial charge on any atom is -0.320 e. The molecule has 0 fully saturated rings. The van der Waals surface area contributed by atoms with Crippen molar-refractivity contribution in [3.63, 3.8) is 0 Å². The van der Waals surface area contributed by atoms with Crippen LogP contribution in [0.4, 0.5) is 5.13 Å². The number of nitrogens with two attached hydrogens (primary N) is 1. The van der Waals surface area contributed by atoms with Gasteiger partial charge in [0.2, 0.25) is 5.91 Å². The van der Waals surface area contributed by atoms with Gasteiger partial charge in [-0.05, 0) is 49.8 Å². The molecule has 110 valence electrons. The van der Waals surface area contributed by atoms with Gasteiger partial charge in [0.1, 0.15) is 0 Å². The number of nitrogens with one attached hydrogen (secondary N) is 1. The van der Waals surface area contributed by atoms with E-state index >= 15 is 0 Å². The molecule has 21 heavy (non-hydrogen) atoms. The highest BCUT2D eigenvalue weighted by atomic mass is 32.1. The van der Waals surface area contributed by atoms with Gasteiger partial charge in [0, 0.05) is 10.9 Å². The van der Waals surface area contributed by atoms with Crippen LogP contribution in [-0.2, 0) is 17.6 Å².